The first-order valence-corrected chi connectivity index (χ1v) is 35.0. The third kappa shape index (κ3) is 26.7. The van der Waals surface area contributed by atoms with E-state index >= 15 is 0 Å². The largest absolute Gasteiger partial charge is 0.461 e. The fourth-order valence-corrected chi connectivity index (χ4v) is 13.4. The SMILES string of the molecule is CC(=O)OCc1ccc(NC(=O)[C@H](CCCNC(N)=O)CC(=O)[C@@H](NC(=O)CCCCCN2C(=O)CC(C)C2=O)C(C)C)cc1.CC[C@H](C)[C@@H]([C@@H](CC(=O)N1CCC[C@H]1[C@H](OC)[C@@H](C)C(=O)C[C@H](C)[C@@H](O)c1ccccc1)OC)N(C)C(=O)[C@@H](CC(=O)[C@H](C(C)C)N(C)C)C(C)C. The minimum absolute atomic E-state index is 0.0103. The summed E-state index contributed by atoms with van der Waals surface area (Å²) in [6.07, 6.45) is 3.63. The van der Waals surface area contributed by atoms with E-state index in [0.717, 1.165) is 24.0 Å². The number of Topliss-reactive ketones (excluding diaryl/α,β-unsaturated/α-hetero) is 3. The molecule has 0 spiro atoms. The summed E-state index contributed by atoms with van der Waals surface area (Å²) < 4.78 is 17.0. The van der Waals surface area contributed by atoms with Gasteiger partial charge in [-0.2, -0.15) is 0 Å². The quantitative estimate of drug-likeness (QED) is 0.0236. The van der Waals surface area contributed by atoms with Gasteiger partial charge in [0.2, 0.25) is 35.4 Å². The first-order chi connectivity index (χ1) is 45.7. The molecule has 2 aromatic rings. The van der Waals surface area contributed by atoms with Gasteiger partial charge in [-0.05, 0) is 105 Å². The molecule has 4 rings (SSSR count). The summed E-state index contributed by atoms with van der Waals surface area (Å²) in [4.78, 5) is 148. The Bertz CT molecular complexity index is 2860. The van der Waals surface area contributed by atoms with E-state index < -0.39 is 60.1 Å². The molecule has 0 aliphatic carbocycles. The van der Waals surface area contributed by atoms with Crippen LogP contribution in [-0.2, 0) is 68.8 Å². The number of likely N-dealkylation sites (N-methyl/N-ethyl adjacent to an activating group) is 2. The van der Waals surface area contributed by atoms with E-state index in [2.05, 4.69) is 29.8 Å². The number of anilines is 1. The molecule has 6 N–H and O–H groups in total. The van der Waals surface area contributed by atoms with Gasteiger partial charge >= 0.3 is 12.0 Å². The number of nitrogens with two attached hydrogens (primary N) is 1. The molecule has 0 aromatic heterocycles. The number of aliphatic hydroxyl groups is 1. The molecule has 2 fully saturated rings. The lowest BCUT2D eigenvalue weighted by Gasteiger charge is -2.41. The molecule has 0 radical (unpaired) electrons. The van der Waals surface area contributed by atoms with Gasteiger partial charge in [-0.3, -0.25) is 57.7 Å². The number of unbranched alkanes of at least 4 members (excludes halogenated alkanes) is 2. The van der Waals surface area contributed by atoms with Gasteiger partial charge in [0.25, 0.3) is 0 Å². The standard InChI is InChI=1S/C42H71N3O7.C32H47N5O8/c1-14-28(6)39(44(11)42(50)32(26(2)3)24-35(47)38(27(4)5)43(9)10)36(51-12)25-37(48)45-22-18-21-33(45)41(52-13)30(8)34(46)23-29(7)40(49)31-19-16-15-17-20-31;1-20(2)29(36-27(40)10-6-5-7-16-37-28(41)17-21(3)31(37)43)26(39)18-24(9-8-15-34-32(33)44)30(42)35-25-13-11-23(12-14-25)19-45-22(4)38/h15-17,19-20,26-30,32-33,36,38-41,49H,14,18,21-25H2,1-13H3;11-14,20-21,24,29H,5-10,15-19H2,1-4H3,(H,35,42)(H,36,40)(H3,33,34,44)/t28-,29-,30-,32-,33-,36+,38-,39-,40+,41+;21?,24-,29+/m01/s1. The van der Waals surface area contributed by atoms with Crippen LogP contribution in [0.3, 0.4) is 0 Å². The van der Waals surface area contributed by atoms with Crippen LogP contribution >= 0.6 is 0 Å². The van der Waals surface area contributed by atoms with Crippen LogP contribution in [0.2, 0.25) is 0 Å². The average Bonchev–Trinajstić information content (AvgIpc) is 1.80. The molecule has 8 amide bonds. The number of imide groups is 1. The summed E-state index contributed by atoms with van der Waals surface area (Å²) in [5, 5.41) is 19.0. The lowest BCUT2D eigenvalue weighted by atomic mass is 9.83. The van der Waals surface area contributed by atoms with Crippen molar-refractivity contribution in [3.05, 3.63) is 65.7 Å². The third-order valence-electron chi connectivity index (χ3n) is 19.2. The molecule has 2 aromatic carbocycles. The third-order valence-corrected chi connectivity index (χ3v) is 19.2. The van der Waals surface area contributed by atoms with Gasteiger partial charge in [-0.25, -0.2) is 4.79 Å². The van der Waals surface area contributed by atoms with Crippen molar-refractivity contribution in [2.75, 3.05) is 60.3 Å². The second kappa shape index (κ2) is 42.1. The molecule has 2 heterocycles. The maximum absolute atomic E-state index is 14.3. The molecule has 1 unspecified atom stereocenters. The van der Waals surface area contributed by atoms with E-state index in [9.17, 15) is 57.8 Å². The second-order valence-electron chi connectivity index (χ2n) is 28.1. The number of hydrogen-bond donors (Lipinski definition) is 5. The highest BCUT2D eigenvalue weighted by Gasteiger charge is 2.44. The monoisotopic (exact) mass is 1360 g/mol. The van der Waals surface area contributed by atoms with Crippen LogP contribution in [0.4, 0.5) is 10.5 Å². The smallest absolute Gasteiger partial charge is 0.312 e. The second-order valence-corrected chi connectivity index (χ2v) is 28.1. The zero-order valence-corrected chi connectivity index (χ0v) is 61.2. The number of rotatable bonds is 41. The Morgan fingerprint density at radius 3 is 1.94 bits per heavy atom. The molecule has 23 heteroatoms. The Balaban J connectivity index is 0.000000510. The number of carbonyl (C=O) groups excluding carboxylic acids is 11. The molecule has 23 nitrogen and oxygen atoms in total. The van der Waals surface area contributed by atoms with Crippen molar-refractivity contribution in [3.8, 4) is 0 Å². The van der Waals surface area contributed by atoms with Crippen LogP contribution < -0.4 is 21.7 Å². The fraction of sp³-hybridized carbons (Fsp3) is 0.689. The van der Waals surface area contributed by atoms with Gasteiger partial charge in [0, 0.05) is 109 Å². The number of nitrogens with one attached hydrogen (secondary N) is 3. The summed E-state index contributed by atoms with van der Waals surface area (Å²) in [6, 6.07) is 13.7. The summed E-state index contributed by atoms with van der Waals surface area (Å²) in [5.41, 5.74) is 7.16. The molecule has 13 atom stereocenters. The highest BCUT2D eigenvalue weighted by Crippen LogP contribution is 2.34. The molecule has 2 aliphatic rings. The molecular formula is C74H118N8O15. The van der Waals surface area contributed by atoms with Gasteiger partial charge in [-0.1, -0.05) is 131 Å². The maximum Gasteiger partial charge on any atom is 0.312 e. The molecule has 2 saturated heterocycles. The van der Waals surface area contributed by atoms with Crippen LogP contribution in [0, 0.1) is 53.3 Å². The lowest BCUT2D eigenvalue weighted by Crippen LogP contribution is -2.54. The van der Waals surface area contributed by atoms with Crippen LogP contribution in [0.1, 0.15) is 190 Å². The van der Waals surface area contributed by atoms with Crippen molar-refractivity contribution in [1.82, 2.24) is 30.2 Å². The number of ether oxygens (including phenoxy) is 3. The molecule has 0 saturated carbocycles. The first kappa shape index (κ1) is 84.3. The van der Waals surface area contributed by atoms with Crippen molar-refractivity contribution in [1.29, 1.82) is 0 Å². The molecular weight excluding hydrogens is 1240 g/mol. The zero-order chi connectivity index (χ0) is 73.0. The molecule has 544 valence electrons. The van der Waals surface area contributed by atoms with Crippen molar-refractivity contribution in [2.24, 2.45) is 59.0 Å². The van der Waals surface area contributed by atoms with Gasteiger partial charge < -0.3 is 50.8 Å². The van der Waals surface area contributed by atoms with Crippen LogP contribution in [-0.4, -0.2) is 181 Å². The predicted molar refractivity (Wildman–Crippen MR) is 373 cm³/mol. The Kier molecular flexibility index (Phi) is 36.6. The van der Waals surface area contributed by atoms with E-state index in [1.165, 1.54) is 11.8 Å². The summed E-state index contributed by atoms with van der Waals surface area (Å²) in [7, 11) is 8.76. The van der Waals surface area contributed by atoms with Crippen LogP contribution in [0.25, 0.3) is 0 Å². The van der Waals surface area contributed by atoms with Crippen LogP contribution in [0.5, 0.6) is 0 Å². The number of esters is 1. The van der Waals surface area contributed by atoms with E-state index in [-0.39, 0.29) is 152 Å². The first-order valence-electron chi connectivity index (χ1n) is 35.0. The van der Waals surface area contributed by atoms with E-state index in [4.69, 9.17) is 19.9 Å². The normalized spacial score (nSPS) is 18.2. The number of carbonyl (C=O) groups is 11. The van der Waals surface area contributed by atoms with Gasteiger partial charge in [0.1, 0.15) is 12.4 Å². The topological polar surface area (TPSA) is 311 Å². The van der Waals surface area contributed by atoms with Gasteiger partial charge in [0.05, 0.1) is 48.9 Å². The number of likely N-dealkylation sites (tertiary alicyclic amines) is 2. The van der Waals surface area contributed by atoms with Crippen molar-refractivity contribution >= 4 is 70.5 Å². The number of amides is 8. The Morgan fingerprint density at radius 2 is 1.40 bits per heavy atom. The van der Waals surface area contributed by atoms with E-state index in [1.807, 2.05) is 110 Å². The van der Waals surface area contributed by atoms with Gasteiger partial charge in [-0.15, -0.1) is 0 Å². The summed E-state index contributed by atoms with van der Waals surface area (Å²) in [5.74, 6) is -4.24. The number of methoxy groups -OCH3 is 2. The molecule has 0 bridgehead atoms. The highest BCUT2D eigenvalue weighted by molar-refractivity contribution is 6.03. The summed E-state index contributed by atoms with van der Waals surface area (Å²) in [6.45, 7) is 23.8. The number of nitrogens with zero attached hydrogens (tertiary/aromatic N) is 4. The Morgan fingerprint density at radius 1 is 0.753 bits per heavy atom. The number of primary amides is 1. The number of hydrogen-bond acceptors (Lipinski definition) is 16. The summed E-state index contributed by atoms with van der Waals surface area (Å²) >= 11 is 0. The highest BCUT2D eigenvalue weighted by atomic mass is 16.5. The Hall–Kier alpha value is -6.95. The average molecular weight is 1360 g/mol. The fourth-order valence-electron chi connectivity index (χ4n) is 13.4. The van der Waals surface area contributed by atoms with E-state index in [0.29, 0.717) is 57.3 Å². The van der Waals surface area contributed by atoms with Gasteiger partial charge in [0.15, 0.2) is 11.6 Å². The number of urea groups is 1. The van der Waals surface area contributed by atoms with Crippen molar-refractivity contribution < 1.29 is 72.1 Å². The minimum atomic E-state index is -0.793. The number of aliphatic hydroxyl groups excluding tert-OH is 1. The van der Waals surface area contributed by atoms with Crippen molar-refractivity contribution in [2.45, 2.75) is 222 Å². The molecule has 97 heavy (non-hydrogen) atoms. The van der Waals surface area contributed by atoms with E-state index in [1.54, 1.807) is 57.4 Å². The molecule has 2 aliphatic heterocycles. The number of benzene rings is 2. The van der Waals surface area contributed by atoms with Crippen LogP contribution in [0.15, 0.2) is 54.6 Å². The Labute approximate surface area is 577 Å². The lowest BCUT2D eigenvalue weighted by molar-refractivity contribution is -0.149. The van der Waals surface area contributed by atoms with Crippen molar-refractivity contribution in [3.63, 3.8) is 0 Å². The maximum atomic E-state index is 14.3. The zero-order valence-electron chi connectivity index (χ0n) is 61.2. The number of ketones is 3. The minimum Gasteiger partial charge on any atom is -0.461 e. The predicted octanol–water partition coefficient (Wildman–Crippen LogP) is 8.86.